The molecular weight excluding hydrogens is 338 g/mol. The Balaban J connectivity index is 1.33. The maximum atomic E-state index is 12.2. The minimum Gasteiger partial charge on any atom is -0.371 e. The minimum absolute atomic E-state index is 0.0169. The summed E-state index contributed by atoms with van der Waals surface area (Å²) >= 11 is 0. The third-order valence-corrected chi connectivity index (χ3v) is 6.35. The lowest BCUT2D eigenvalue weighted by atomic mass is 9.92. The number of aromatic nitrogens is 3. The van der Waals surface area contributed by atoms with Crippen LogP contribution in [0.25, 0.3) is 0 Å². The second-order valence-electron chi connectivity index (χ2n) is 7.87. The number of likely N-dealkylation sites (tertiary alicyclic amines) is 1. The molecule has 0 aliphatic carbocycles. The van der Waals surface area contributed by atoms with Gasteiger partial charge in [-0.2, -0.15) is 5.10 Å². The molecule has 0 spiro atoms. The van der Waals surface area contributed by atoms with Crippen molar-refractivity contribution in [3.63, 3.8) is 0 Å². The van der Waals surface area contributed by atoms with Crippen LogP contribution in [0.5, 0.6) is 0 Å². The number of nitrogens with zero attached hydrogens (tertiary/aromatic N) is 5. The second kappa shape index (κ2) is 7.89. The molecular formula is C21H31N5O. The molecule has 1 aromatic heterocycles. The van der Waals surface area contributed by atoms with Gasteiger partial charge in [0.1, 0.15) is 5.82 Å². The summed E-state index contributed by atoms with van der Waals surface area (Å²) in [6.45, 7) is 7.27. The molecule has 0 amide bonds. The highest BCUT2D eigenvalue weighted by Gasteiger charge is 2.31. The van der Waals surface area contributed by atoms with Gasteiger partial charge in [-0.1, -0.05) is 18.2 Å². The number of benzene rings is 1. The summed E-state index contributed by atoms with van der Waals surface area (Å²) in [5, 5.41) is 4.53. The molecule has 6 nitrogen and oxygen atoms in total. The lowest BCUT2D eigenvalue weighted by Gasteiger charge is -2.42. The number of aryl methyl sites for hydroxylation is 1. The first-order valence-electron chi connectivity index (χ1n) is 10.3. The van der Waals surface area contributed by atoms with E-state index in [1.54, 1.807) is 7.05 Å². The Morgan fingerprint density at radius 2 is 1.67 bits per heavy atom. The van der Waals surface area contributed by atoms with Crippen molar-refractivity contribution in [2.24, 2.45) is 7.05 Å². The predicted octanol–water partition coefficient (Wildman–Crippen LogP) is 2.45. The van der Waals surface area contributed by atoms with Crippen molar-refractivity contribution in [1.29, 1.82) is 0 Å². The highest BCUT2D eigenvalue weighted by molar-refractivity contribution is 5.46. The van der Waals surface area contributed by atoms with Crippen LogP contribution < -0.4 is 10.6 Å². The summed E-state index contributed by atoms with van der Waals surface area (Å²) < 4.78 is 3.34. The van der Waals surface area contributed by atoms with Gasteiger partial charge in [0.25, 0.3) is 0 Å². The Labute approximate surface area is 161 Å². The van der Waals surface area contributed by atoms with E-state index in [0.29, 0.717) is 18.5 Å². The SMILES string of the molecule is CCn1c(C2CCN(C3CCN(c4ccccc4)CC3)CC2)nn(C)c1=O. The number of rotatable bonds is 4. The van der Waals surface area contributed by atoms with E-state index in [1.807, 2.05) is 11.5 Å². The zero-order valence-corrected chi connectivity index (χ0v) is 16.5. The zero-order chi connectivity index (χ0) is 18.8. The molecule has 0 N–H and O–H groups in total. The summed E-state index contributed by atoms with van der Waals surface area (Å²) in [5.74, 6) is 1.41. The van der Waals surface area contributed by atoms with Gasteiger partial charge in [-0.05, 0) is 57.8 Å². The predicted molar refractivity (Wildman–Crippen MR) is 108 cm³/mol. The first-order chi connectivity index (χ1) is 13.2. The quantitative estimate of drug-likeness (QED) is 0.831. The van der Waals surface area contributed by atoms with Gasteiger partial charge in [0.15, 0.2) is 0 Å². The van der Waals surface area contributed by atoms with Gasteiger partial charge in [-0.3, -0.25) is 4.57 Å². The summed E-state index contributed by atoms with van der Waals surface area (Å²) in [6.07, 6.45) is 4.69. The van der Waals surface area contributed by atoms with Crippen LogP contribution in [0.2, 0.25) is 0 Å². The lowest BCUT2D eigenvalue weighted by Crippen LogP contribution is -2.47. The van der Waals surface area contributed by atoms with Gasteiger partial charge < -0.3 is 9.80 Å². The molecule has 27 heavy (non-hydrogen) atoms. The maximum Gasteiger partial charge on any atom is 0.345 e. The maximum absolute atomic E-state index is 12.2. The molecule has 2 saturated heterocycles. The van der Waals surface area contributed by atoms with Crippen LogP contribution in [0.1, 0.15) is 44.3 Å². The van der Waals surface area contributed by atoms with Gasteiger partial charge in [-0.25, -0.2) is 9.48 Å². The number of para-hydroxylation sites is 1. The van der Waals surface area contributed by atoms with Crippen LogP contribution in [0.4, 0.5) is 5.69 Å². The lowest BCUT2D eigenvalue weighted by molar-refractivity contribution is 0.129. The highest BCUT2D eigenvalue weighted by Crippen LogP contribution is 2.30. The highest BCUT2D eigenvalue weighted by atomic mass is 16.2. The first-order valence-corrected chi connectivity index (χ1v) is 10.3. The third-order valence-electron chi connectivity index (χ3n) is 6.35. The molecule has 0 radical (unpaired) electrons. The number of hydrogen-bond acceptors (Lipinski definition) is 4. The van der Waals surface area contributed by atoms with Crippen LogP contribution in [-0.2, 0) is 13.6 Å². The zero-order valence-electron chi connectivity index (χ0n) is 16.5. The number of piperidine rings is 2. The molecule has 3 heterocycles. The second-order valence-corrected chi connectivity index (χ2v) is 7.87. The summed E-state index contributed by atoms with van der Waals surface area (Å²) in [4.78, 5) is 17.4. The molecule has 2 aliphatic heterocycles. The van der Waals surface area contributed by atoms with Gasteiger partial charge in [0, 0.05) is 44.3 Å². The van der Waals surface area contributed by atoms with Crippen molar-refractivity contribution in [2.75, 3.05) is 31.1 Å². The number of anilines is 1. The monoisotopic (exact) mass is 369 g/mol. The van der Waals surface area contributed by atoms with E-state index in [2.05, 4.69) is 45.2 Å². The van der Waals surface area contributed by atoms with E-state index < -0.39 is 0 Å². The summed E-state index contributed by atoms with van der Waals surface area (Å²) in [5.41, 5.74) is 1.37. The minimum atomic E-state index is 0.0169. The van der Waals surface area contributed by atoms with E-state index in [0.717, 1.165) is 44.8 Å². The van der Waals surface area contributed by atoms with Crippen molar-refractivity contribution in [2.45, 2.75) is 51.1 Å². The normalized spacial score (nSPS) is 20.3. The molecule has 146 valence electrons. The Hall–Kier alpha value is -2.08. The van der Waals surface area contributed by atoms with Crippen molar-refractivity contribution in [3.8, 4) is 0 Å². The molecule has 0 atom stereocenters. The van der Waals surface area contributed by atoms with Gasteiger partial charge in [-0.15, -0.1) is 0 Å². The van der Waals surface area contributed by atoms with Crippen LogP contribution in [0.15, 0.2) is 35.1 Å². The van der Waals surface area contributed by atoms with E-state index in [1.165, 1.54) is 23.2 Å². The Bertz CT molecular complexity index is 796. The van der Waals surface area contributed by atoms with Crippen LogP contribution >= 0.6 is 0 Å². The average Bonchev–Trinajstić information content (AvgIpc) is 3.03. The van der Waals surface area contributed by atoms with Crippen LogP contribution in [-0.4, -0.2) is 51.5 Å². The standard InChI is InChI=1S/C21H31N5O/c1-3-26-20(22-23(2)21(26)27)17-9-13-24(14-10-17)19-11-15-25(16-12-19)18-7-5-4-6-8-18/h4-8,17,19H,3,9-16H2,1-2H3. The smallest absolute Gasteiger partial charge is 0.345 e. The van der Waals surface area contributed by atoms with Gasteiger partial charge in [0.05, 0.1) is 0 Å². The molecule has 0 unspecified atom stereocenters. The molecule has 1 aromatic carbocycles. The largest absolute Gasteiger partial charge is 0.371 e. The average molecular weight is 370 g/mol. The fourth-order valence-electron chi connectivity index (χ4n) is 4.77. The molecule has 0 saturated carbocycles. The summed E-state index contributed by atoms with van der Waals surface area (Å²) in [6, 6.07) is 11.5. The molecule has 4 rings (SSSR count). The molecule has 0 bridgehead atoms. The molecule has 2 aliphatic rings. The fraction of sp³-hybridized carbons (Fsp3) is 0.619. The molecule has 6 heteroatoms. The van der Waals surface area contributed by atoms with Crippen molar-refractivity contribution >= 4 is 5.69 Å². The van der Waals surface area contributed by atoms with E-state index in [9.17, 15) is 4.79 Å². The van der Waals surface area contributed by atoms with Gasteiger partial charge in [0.2, 0.25) is 0 Å². The van der Waals surface area contributed by atoms with Crippen molar-refractivity contribution in [1.82, 2.24) is 19.2 Å². The first kappa shape index (κ1) is 18.3. The number of hydrogen-bond donors (Lipinski definition) is 0. The molecule has 2 aromatic rings. The Morgan fingerprint density at radius 1 is 1.00 bits per heavy atom. The van der Waals surface area contributed by atoms with Crippen molar-refractivity contribution in [3.05, 3.63) is 46.6 Å². The summed E-state index contributed by atoms with van der Waals surface area (Å²) in [7, 11) is 1.76. The topological polar surface area (TPSA) is 46.3 Å². The fourth-order valence-corrected chi connectivity index (χ4v) is 4.77. The Kier molecular flexibility index (Phi) is 5.34. The van der Waals surface area contributed by atoms with Crippen molar-refractivity contribution < 1.29 is 0 Å². The van der Waals surface area contributed by atoms with Crippen LogP contribution in [0, 0.1) is 0 Å². The Morgan fingerprint density at radius 3 is 2.30 bits per heavy atom. The third kappa shape index (κ3) is 3.68. The van der Waals surface area contributed by atoms with E-state index in [-0.39, 0.29) is 5.69 Å². The molecule has 2 fully saturated rings. The van der Waals surface area contributed by atoms with Crippen LogP contribution in [0.3, 0.4) is 0 Å². The van der Waals surface area contributed by atoms with E-state index >= 15 is 0 Å². The van der Waals surface area contributed by atoms with Gasteiger partial charge >= 0.3 is 5.69 Å². The van der Waals surface area contributed by atoms with E-state index in [4.69, 9.17) is 0 Å².